The van der Waals surface area contributed by atoms with E-state index in [0.29, 0.717) is 15.6 Å². The standard InChI is InChI=1S/C10H9Br2FO/c1-6(14)10(12)7-3-2-4-9(11)8(7)5-13/h2-4,10H,5H2,1H3. The highest BCUT2D eigenvalue weighted by atomic mass is 79.9. The number of carbonyl (C=O) groups is 1. The Morgan fingerprint density at radius 3 is 2.71 bits per heavy atom. The van der Waals surface area contributed by atoms with Crippen LogP contribution in [-0.2, 0) is 11.5 Å². The number of hydrogen-bond acceptors (Lipinski definition) is 1. The molecule has 0 radical (unpaired) electrons. The van der Waals surface area contributed by atoms with Gasteiger partial charge in [-0.2, -0.15) is 0 Å². The van der Waals surface area contributed by atoms with Gasteiger partial charge < -0.3 is 0 Å². The molecule has 1 unspecified atom stereocenters. The van der Waals surface area contributed by atoms with Crippen molar-refractivity contribution in [2.75, 3.05) is 0 Å². The van der Waals surface area contributed by atoms with Crippen LogP contribution in [0.4, 0.5) is 4.39 Å². The van der Waals surface area contributed by atoms with Crippen molar-refractivity contribution in [1.82, 2.24) is 0 Å². The van der Waals surface area contributed by atoms with Crippen molar-refractivity contribution >= 4 is 37.6 Å². The number of benzene rings is 1. The van der Waals surface area contributed by atoms with Crippen LogP contribution in [0.5, 0.6) is 0 Å². The number of ketones is 1. The summed E-state index contributed by atoms with van der Waals surface area (Å²) in [5.74, 6) is -0.0298. The zero-order valence-corrected chi connectivity index (χ0v) is 10.7. The van der Waals surface area contributed by atoms with E-state index in [-0.39, 0.29) is 5.78 Å². The van der Waals surface area contributed by atoms with Crippen molar-refractivity contribution in [3.05, 3.63) is 33.8 Å². The van der Waals surface area contributed by atoms with Gasteiger partial charge >= 0.3 is 0 Å². The highest BCUT2D eigenvalue weighted by Gasteiger charge is 2.17. The van der Waals surface area contributed by atoms with E-state index in [2.05, 4.69) is 31.9 Å². The zero-order valence-electron chi connectivity index (χ0n) is 7.56. The molecule has 1 aromatic carbocycles. The van der Waals surface area contributed by atoms with Crippen molar-refractivity contribution in [2.45, 2.75) is 18.4 Å². The molecular formula is C10H9Br2FO. The molecular weight excluding hydrogens is 315 g/mol. The molecule has 14 heavy (non-hydrogen) atoms. The lowest BCUT2D eigenvalue weighted by atomic mass is 10.0. The second-order valence-electron chi connectivity index (χ2n) is 2.91. The van der Waals surface area contributed by atoms with Crippen LogP contribution in [0.25, 0.3) is 0 Å². The van der Waals surface area contributed by atoms with Gasteiger partial charge in [0.2, 0.25) is 0 Å². The predicted octanol–water partition coefficient (Wildman–Crippen LogP) is 3.94. The van der Waals surface area contributed by atoms with Crippen LogP contribution >= 0.6 is 31.9 Å². The summed E-state index contributed by atoms with van der Waals surface area (Å²) in [7, 11) is 0. The van der Waals surface area contributed by atoms with E-state index >= 15 is 0 Å². The Morgan fingerprint density at radius 1 is 1.57 bits per heavy atom. The normalized spacial score (nSPS) is 12.6. The summed E-state index contributed by atoms with van der Waals surface area (Å²) >= 11 is 6.49. The first-order chi connectivity index (χ1) is 6.57. The smallest absolute Gasteiger partial charge is 0.147 e. The first-order valence-electron chi connectivity index (χ1n) is 4.05. The predicted molar refractivity (Wildman–Crippen MR) is 61.3 cm³/mol. The quantitative estimate of drug-likeness (QED) is 0.770. The Bertz CT molecular complexity index is 352. The van der Waals surface area contributed by atoms with Crippen molar-refractivity contribution in [1.29, 1.82) is 0 Å². The number of Topliss-reactive ketones (excluding diaryl/α,β-unsaturated/α-hetero) is 1. The molecule has 0 aliphatic heterocycles. The summed E-state index contributed by atoms with van der Waals surface area (Å²) in [6.07, 6.45) is 0. The van der Waals surface area contributed by atoms with E-state index < -0.39 is 11.5 Å². The summed E-state index contributed by atoms with van der Waals surface area (Å²) in [5, 5.41) is 0. The van der Waals surface area contributed by atoms with Gasteiger partial charge in [0.15, 0.2) is 0 Å². The van der Waals surface area contributed by atoms with Gasteiger partial charge in [-0.3, -0.25) is 4.79 Å². The fourth-order valence-electron chi connectivity index (χ4n) is 1.17. The molecule has 0 aliphatic carbocycles. The van der Waals surface area contributed by atoms with E-state index in [1.54, 1.807) is 18.2 Å². The van der Waals surface area contributed by atoms with E-state index in [9.17, 15) is 9.18 Å². The van der Waals surface area contributed by atoms with E-state index in [1.165, 1.54) is 6.92 Å². The molecule has 76 valence electrons. The molecule has 0 spiro atoms. The number of alkyl halides is 2. The lowest BCUT2D eigenvalue weighted by molar-refractivity contribution is -0.116. The van der Waals surface area contributed by atoms with E-state index in [1.807, 2.05) is 0 Å². The lowest BCUT2D eigenvalue weighted by Crippen LogP contribution is -2.04. The van der Waals surface area contributed by atoms with Gasteiger partial charge in [-0.15, -0.1) is 0 Å². The Kier molecular flexibility index (Phi) is 4.26. The van der Waals surface area contributed by atoms with Gasteiger partial charge in [-0.1, -0.05) is 44.0 Å². The van der Waals surface area contributed by atoms with Crippen LogP contribution < -0.4 is 0 Å². The minimum atomic E-state index is -0.577. The molecule has 0 bridgehead atoms. The van der Waals surface area contributed by atoms with Gasteiger partial charge in [-0.05, 0) is 18.6 Å². The molecule has 1 nitrogen and oxygen atoms in total. The largest absolute Gasteiger partial charge is 0.298 e. The average molecular weight is 324 g/mol. The fraction of sp³-hybridized carbons (Fsp3) is 0.300. The number of hydrogen-bond donors (Lipinski definition) is 0. The summed E-state index contributed by atoms with van der Waals surface area (Å²) in [5.41, 5.74) is 1.22. The van der Waals surface area contributed by atoms with Crippen LogP contribution in [0.3, 0.4) is 0 Å². The molecule has 1 rings (SSSR count). The van der Waals surface area contributed by atoms with Gasteiger partial charge in [0.1, 0.15) is 12.5 Å². The van der Waals surface area contributed by atoms with E-state index in [0.717, 1.165) is 0 Å². The van der Waals surface area contributed by atoms with Crippen LogP contribution in [-0.4, -0.2) is 5.78 Å². The van der Waals surface area contributed by atoms with Gasteiger partial charge in [-0.25, -0.2) is 4.39 Å². The fourth-order valence-corrected chi connectivity index (χ4v) is 2.09. The minimum Gasteiger partial charge on any atom is -0.298 e. The van der Waals surface area contributed by atoms with Crippen LogP contribution in [0, 0.1) is 0 Å². The van der Waals surface area contributed by atoms with Gasteiger partial charge in [0.05, 0.1) is 4.83 Å². The summed E-state index contributed by atoms with van der Waals surface area (Å²) in [6.45, 7) is 0.897. The second-order valence-corrected chi connectivity index (χ2v) is 4.68. The highest BCUT2D eigenvalue weighted by Crippen LogP contribution is 2.31. The maximum Gasteiger partial charge on any atom is 0.147 e. The maximum absolute atomic E-state index is 12.7. The number of carbonyl (C=O) groups excluding carboxylic acids is 1. The molecule has 0 amide bonds. The Hall–Kier alpha value is -0.220. The molecule has 1 atom stereocenters. The molecule has 0 N–H and O–H groups in total. The van der Waals surface area contributed by atoms with Crippen LogP contribution in [0.2, 0.25) is 0 Å². The maximum atomic E-state index is 12.7. The summed E-state index contributed by atoms with van der Waals surface area (Å²) in [6, 6.07) is 5.30. The molecule has 1 aromatic rings. The first-order valence-corrected chi connectivity index (χ1v) is 5.76. The Labute approximate surface area is 99.0 Å². The molecule has 0 aliphatic rings. The van der Waals surface area contributed by atoms with Gasteiger partial charge in [0, 0.05) is 10.0 Å². The molecule has 0 aromatic heterocycles. The third-order valence-electron chi connectivity index (χ3n) is 1.92. The molecule has 0 heterocycles. The third kappa shape index (κ3) is 2.42. The third-order valence-corrected chi connectivity index (χ3v) is 3.80. The first kappa shape index (κ1) is 11.9. The van der Waals surface area contributed by atoms with Crippen molar-refractivity contribution < 1.29 is 9.18 Å². The summed E-state index contributed by atoms with van der Waals surface area (Å²) in [4.78, 5) is 10.7. The SMILES string of the molecule is CC(=O)C(Br)c1cccc(Br)c1CF. The van der Waals surface area contributed by atoms with Crippen molar-refractivity contribution in [3.8, 4) is 0 Å². The average Bonchev–Trinajstić information content (AvgIpc) is 2.16. The Morgan fingerprint density at radius 2 is 2.21 bits per heavy atom. The van der Waals surface area contributed by atoms with Crippen molar-refractivity contribution in [2.24, 2.45) is 0 Å². The topological polar surface area (TPSA) is 17.1 Å². The number of halogens is 3. The zero-order chi connectivity index (χ0) is 10.7. The molecule has 0 saturated carbocycles. The molecule has 4 heteroatoms. The van der Waals surface area contributed by atoms with E-state index in [4.69, 9.17) is 0 Å². The highest BCUT2D eigenvalue weighted by molar-refractivity contribution is 9.10. The Balaban J connectivity index is 3.20. The van der Waals surface area contributed by atoms with Crippen LogP contribution in [0.1, 0.15) is 22.9 Å². The monoisotopic (exact) mass is 322 g/mol. The molecule has 0 fully saturated rings. The lowest BCUT2D eigenvalue weighted by Gasteiger charge is -2.11. The summed E-state index contributed by atoms with van der Waals surface area (Å²) < 4.78 is 13.4. The van der Waals surface area contributed by atoms with Crippen molar-refractivity contribution in [3.63, 3.8) is 0 Å². The van der Waals surface area contributed by atoms with Crippen LogP contribution in [0.15, 0.2) is 22.7 Å². The molecule has 0 saturated heterocycles. The minimum absolute atomic E-state index is 0.0298. The van der Waals surface area contributed by atoms with Gasteiger partial charge in [0.25, 0.3) is 0 Å². The number of rotatable bonds is 3. The second kappa shape index (κ2) is 5.03.